The fourth-order valence-corrected chi connectivity index (χ4v) is 1.85. The van der Waals surface area contributed by atoms with Crippen molar-refractivity contribution in [2.24, 2.45) is 0 Å². The first kappa shape index (κ1) is 14.1. The molecule has 0 bridgehead atoms. The highest BCUT2D eigenvalue weighted by Crippen LogP contribution is 2.24. The van der Waals surface area contributed by atoms with Gasteiger partial charge >= 0.3 is 0 Å². The summed E-state index contributed by atoms with van der Waals surface area (Å²) in [6.07, 6.45) is 1.03. The molecule has 4 nitrogen and oxygen atoms in total. The summed E-state index contributed by atoms with van der Waals surface area (Å²) in [6.45, 7) is 4.92. The second-order valence-electron chi connectivity index (χ2n) is 4.25. The van der Waals surface area contributed by atoms with Crippen LogP contribution >= 0.6 is 15.9 Å². The third kappa shape index (κ3) is 3.39. The van der Waals surface area contributed by atoms with Gasteiger partial charge in [0.15, 0.2) is 0 Å². The number of benzene rings is 1. The monoisotopic (exact) mass is 327 g/mol. The molecule has 0 saturated heterocycles. The van der Waals surface area contributed by atoms with E-state index in [0.29, 0.717) is 21.8 Å². The largest absolute Gasteiger partial charge is 0.419 e. The standard InChI is InChI=1S/C13H15BrFN3O/c1-3-6-16-8(2)12-17-18-13(19-12)9-4-5-10(14)11(15)7-9/h4-5,7-8,16H,3,6H2,1-2H3. The van der Waals surface area contributed by atoms with Gasteiger partial charge in [-0.1, -0.05) is 6.92 Å². The van der Waals surface area contributed by atoms with E-state index < -0.39 is 0 Å². The number of rotatable bonds is 5. The first-order valence-corrected chi connectivity index (χ1v) is 6.93. The minimum atomic E-state index is -0.352. The normalized spacial score (nSPS) is 12.6. The van der Waals surface area contributed by atoms with Gasteiger partial charge in [-0.3, -0.25) is 0 Å². The van der Waals surface area contributed by atoms with Crippen LogP contribution in [0.3, 0.4) is 0 Å². The van der Waals surface area contributed by atoms with Crippen LogP contribution in [0.2, 0.25) is 0 Å². The Labute approximate surface area is 119 Å². The number of nitrogens with zero attached hydrogens (tertiary/aromatic N) is 2. The second kappa shape index (κ2) is 6.25. The first-order chi connectivity index (χ1) is 9.11. The minimum absolute atomic E-state index is 0.0125. The van der Waals surface area contributed by atoms with E-state index in [0.717, 1.165) is 13.0 Å². The average Bonchev–Trinajstić information content (AvgIpc) is 2.89. The summed E-state index contributed by atoms with van der Waals surface area (Å²) < 4.78 is 19.4. The van der Waals surface area contributed by atoms with Gasteiger partial charge in [-0.25, -0.2) is 4.39 Å². The van der Waals surface area contributed by atoms with E-state index in [9.17, 15) is 4.39 Å². The van der Waals surface area contributed by atoms with E-state index in [-0.39, 0.29) is 11.9 Å². The van der Waals surface area contributed by atoms with Crippen LogP contribution in [-0.4, -0.2) is 16.7 Å². The SMILES string of the molecule is CCCNC(C)c1nnc(-c2ccc(Br)c(F)c2)o1. The van der Waals surface area contributed by atoms with Crippen molar-refractivity contribution in [3.05, 3.63) is 34.4 Å². The van der Waals surface area contributed by atoms with Crippen LogP contribution in [0.5, 0.6) is 0 Å². The van der Waals surface area contributed by atoms with Crippen molar-refractivity contribution in [3.63, 3.8) is 0 Å². The van der Waals surface area contributed by atoms with E-state index in [1.807, 2.05) is 6.92 Å². The smallest absolute Gasteiger partial charge is 0.247 e. The van der Waals surface area contributed by atoms with Gasteiger partial charge in [-0.15, -0.1) is 10.2 Å². The molecule has 1 aromatic carbocycles. The molecule has 0 fully saturated rings. The highest BCUT2D eigenvalue weighted by molar-refractivity contribution is 9.10. The van der Waals surface area contributed by atoms with Crippen molar-refractivity contribution in [1.29, 1.82) is 0 Å². The maximum Gasteiger partial charge on any atom is 0.247 e. The van der Waals surface area contributed by atoms with Gasteiger partial charge in [0.1, 0.15) is 5.82 Å². The van der Waals surface area contributed by atoms with Gasteiger partial charge < -0.3 is 9.73 Å². The van der Waals surface area contributed by atoms with E-state index in [2.05, 4.69) is 38.4 Å². The Hall–Kier alpha value is -1.27. The molecule has 0 aliphatic heterocycles. The van der Waals surface area contributed by atoms with Gasteiger partial charge in [0.25, 0.3) is 0 Å². The molecule has 0 aliphatic carbocycles. The zero-order valence-corrected chi connectivity index (χ0v) is 12.4. The molecule has 0 amide bonds. The van der Waals surface area contributed by atoms with Crippen molar-refractivity contribution in [3.8, 4) is 11.5 Å². The summed E-state index contributed by atoms with van der Waals surface area (Å²) in [6, 6.07) is 4.70. The lowest BCUT2D eigenvalue weighted by Gasteiger charge is -2.07. The lowest BCUT2D eigenvalue weighted by molar-refractivity contribution is 0.423. The van der Waals surface area contributed by atoms with Gasteiger partial charge in [0.2, 0.25) is 11.8 Å². The van der Waals surface area contributed by atoms with Gasteiger partial charge in [-0.05, 0) is 54.0 Å². The minimum Gasteiger partial charge on any atom is -0.419 e. The fraction of sp³-hybridized carbons (Fsp3) is 0.385. The topological polar surface area (TPSA) is 51.0 Å². The van der Waals surface area contributed by atoms with Crippen LogP contribution in [0.4, 0.5) is 4.39 Å². The summed E-state index contributed by atoms with van der Waals surface area (Å²) in [5.41, 5.74) is 0.571. The molecule has 19 heavy (non-hydrogen) atoms. The third-order valence-corrected chi connectivity index (χ3v) is 3.32. The Morgan fingerprint density at radius 2 is 2.21 bits per heavy atom. The van der Waals surface area contributed by atoms with E-state index in [4.69, 9.17) is 4.42 Å². The Balaban J connectivity index is 2.18. The van der Waals surface area contributed by atoms with E-state index in [1.54, 1.807) is 12.1 Å². The van der Waals surface area contributed by atoms with E-state index in [1.165, 1.54) is 6.07 Å². The summed E-state index contributed by atoms with van der Waals surface area (Å²) in [5, 5.41) is 11.2. The molecule has 2 aromatic rings. The van der Waals surface area contributed by atoms with Crippen molar-refractivity contribution in [1.82, 2.24) is 15.5 Å². The quantitative estimate of drug-likeness (QED) is 0.909. The van der Waals surface area contributed by atoms with Gasteiger partial charge in [-0.2, -0.15) is 0 Å². The Bertz CT molecular complexity index is 559. The average molecular weight is 328 g/mol. The lowest BCUT2D eigenvalue weighted by Crippen LogP contribution is -2.19. The Morgan fingerprint density at radius 1 is 1.42 bits per heavy atom. The number of nitrogens with one attached hydrogen (secondary N) is 1. The number of hydrogen-bond acceptors (Lipinski definition) is 4. The molecule has 1 N–H and O–H groups in total. The predicted octanol–water partition coefficient (Wildman–Crippen LogP) is 3.70. The molecule has 0 spiro atoms. The molecule has 1 atom stereocenters. The molecule has 1 aromatic heterocycles. The molecule has 102 valence electrons. The lowest BCUT2D eigenvalue weighted by atomic mass is 10.2. The molecule has 6 heteroatoms. The maximum atomic E-state index is 13.4. The van der Waals surface area contributed by atoms with Crippen LogP contribution in [0.1, 0.15) is 32.2 Å². The fourth-order valence-electron chi connectivity index (χ4n) is 1.60. The Kier molecular flexibility index (Phi) is 4.66. The van der Waals surface area contributed by atoms with Crippen molar-refractivity contribution < 1.29 is 8.81 Å². The number of aromatic nitrogens is 2. The molecule has 1 heterocycles. The highest BCUT2D eigenvalue weighted by atomic mass is 79.9. The van der Waals surface area contributed by atoms with Gasteiger partial charge in [0, 0.05) is 5.56 Å². The van der Waals surface area contributed by atoms with Crippen LogP contribution < -0.4 is 5.32 Å². The molecule has 0 aliphatic rings. The molecule has 1 unspecified atom stereocenters. The van der Waals surface area contributed by atoms with Crippen molar-refractivity contribution >= 4 is 15.9 Å². The summed E-state index contributed by atoms with van der Waals surface area (Å²) >= 11 is 3.11. The van der Waals surface area contributed by atoms with Crippen molar-refractivity contribution in [2.75, 3.05) is 6.54 Å². The van der Waals surface area contributed by atoms with Crippen molar-refractivity contribution in [2.45, 2.75) is 26.3 Å². The number of hydrogen-bond donors (Lipinski definition) is 1. The maximum absolute atomic E-state index is 13.4. The van der Waals surface area contributed by atoms with Crippen LogP contribution in [0.15, 0.2) is 27.1 Å². The zero-order chi connectivity index (χ0) is 13.8. The summed E-state index contributed by atoms with van der Waals surface area (Å²) in [5.74, 6) is 0.479. The third-order valence-electron chi connectivity index (χ3n) is 2.68. The first-order valence-electron chi connectivity index (χ1n) is 6.14. The highest BCUT2D eigenvalue weighted by Gasteiger charge is 2.15. The number of halogens is 2. The Morgan fingerprint density at radius 3 is 2.89 bits per heavy atom. The molecule has 2 rings (SSSR count). The second-order valence-corrected chi connectivity index (χ2v) is 5.10. The van der Waals surface area contributed by atoms with Gasteiger partial charge in [0.05, 0.1) is 10.5 Å². The van der Waals surface area contributed by atoms with Crippen LogP contribution in [0, 0.1) is 5.82 Å². The molecular formula is C13H15BrFN3O. The zero-order valence-electron chi connectivity index (χ0n) is 10.8. The van der Waals surface area contributed by atoms with Crippen LogP contribution in [-0.2, 0) is 0 Å². The van der Waals surface area contributed by atoms with E-state index >= 15 is 0 Å². The summed E-state index contributed by atoms with van der Waals surface area (Å²) in [4.78, 5) is 0. The predicted molar refractivity (Wildman–Crippen MR) is 74.1 cm³/mol. The van der Waals surface area contributed by atoms with Crippen LogP contribution in [0.25, 0.3) is 11.5 Å². The molecule has 0 saturated carbocycles. The summed E-state index contributed by atoms with van der Waals surface area (Å²) in [7, 11) is 0. The molecular weight excluding hydrogens is 313 g/mol. The molecule has 0 radical (unpaired) electrons.